The van der Waals surface area contributed by atoms with Gasteiger partial charge in [0, 0.05) is 5.25 Å². The number of benzene rings is 1. The molecule has 0 aliphatic carbocycles. The lowest BCUT2D eigenvalue weighted by atomic mass is 10.0. The van der Waals surface area contributed by atoms with E-state index in [1.165, 1.54) is 6.42 Å². The van der Waals surface area contributed by atoms with E-state index in [9.17, 15) is 4.79 Å². The number of carboxylic acids is 1. The summed E-state index contributed by atoms with van der Waals surface area (Å²) in [7, 11) is 0. The summed E-state index contributed by atoms with van der Waals surface area (Å²) >= 11 is 1.86. The van der Waals surface area contributed by atoms with Crippen LogP contribution in [0.5, 0.6) is 0 Å². The molecule has 0 amide bonds. The number of hydrogen-bond acceptors (Lipinski definition) is 2. The van der Waals surface area contributed by atoms with Crippen LogP contribution in [0.15, 0.2) is 24.3 Å². The minimum atomic E-state index is -0.812. The summed E-state index contributed by atoms with van der Waals surface area (Å²) in [6.07, 6.45) is 2.30. The molecule has 1 fully saturated rings. The second-order valence-corrected chi connectivity index (χ2v) is 4.70. The summed E-state index contributed by atoms with van der Waals surface area (Å²) in [6.45, 7) is 0. The molecule has 74 valence electrons. The second kappa shape index (κ2) is 4.05. The fourth-order valence-corrected chi connectivity index (χ4v) is 3.13. The average Bonchev–Trinajstić information content (AvgIpc) is 2.70. The Morgan fingerprint density at radius 3 is 2.86 bits per heavy atom. The highest BCUT2D eigenvalue weighted by Crippen LogP contribution is 2.40. The molecule has 0 aromatic heterocycles. The molecule has 2 nitrogen and oxygen atoms in total. The van der Waals surface area contributed by atoms with Crippen molar-refractivity contribution in [2.24, 2.45) is 0 Å². The van der Waals surface area contributed by atoms with Crippen molar-refractivity contribution in [1.82, 2.24) is 0 Å². The Balaban J connectivity index is 2.35. The third kappa shape index (κ3) is 1.77. The molecule has 0 radical (unpaired) electrons. The van der Waals surface area contributed by atoms with E-state index >= 15 is 0 Å². The number of hydrogen-bond donors (Lipinski definition) is 1. The maximum absolute atomic E-state index is 11.0. The summed E-state index contributed by atoms with van der Waals surface area (Å²) in [5.74, 6) is 0.339. The second-order valence-electron chi connectivity index (χ2n) is 3.39. The molecule has 1 unspecified atom stereocenters. The standard InChI is InChI=1S/C11H12O2S/c12-11(13)9-5-2-1-4-8(9)10-6-3-7-14-10/h1-2,4-5,10H,3,6-7H2,(H,12,13). The average molecular weight is 208 g/mol. The van der Waals surface area contributed by atoms with Gasteiger partial charge in [0.25, 0.3) is 0 Å². The minimum Gasteiger partial charge on any atom is -0.478 e. The van der Waals surface area contributed by atoms with Crippen molar-refractivity contribution in [3.05, 3.63) is 35.4 Å². The first-order chi connectivity index (χ1) is 6.79. The molecule has 14 heavy (non-hydrogen) atoms. The maximum atomic E-state index is 11.0. The molecule has 1 atom stereocenters. The van der Waals surface area contributed by atoms with Gasteiger partial charge in [0.15, 0.2) is 0 Å². The zero-order chi connectivity index (χ0) is 9.97. The van der Waals surface area contributed by atoms with Gasteiger partial charge in [-0.25, -0.2) is 4.79 Å². The highest BCUT2D eigenvalue weighted by molar-refractivity contribution is 7.99. The van der Waals surface area contributed by atoms with Crippen LogP contribution in [0.4, 0.5) is 0 Å². The minimum absolute atomic E-state index is 0.391. The van der Waals surface area contributed by atoms with Gasteiger partial charge in [0.2, 0.25) is 0 Å². The molecule has 2 rings (SSSR count). The monoisotopic (exact) mass is 208 g/mol. The maximum Gasteiger partial charge on any atom is 0.336 e. The summed E-state index contributed by atoms with van der Waals surface area (Å²) < 4.78 is 0. The van der Waals surface area contributed by atoms with E-state index in [2.05, 4.69) is 0 Å². The van der Waals surface area contributed by atoms with Gasteiger partial charge < -0.3 is 5.11 Å². The third-order valence-corrected chi connectivity index (χ3v) is 3.88. The molecule has 1 aromatic rings. The molecule has 1 saturated heterocycles. The Morgan fingerprint density at radius 2 is 2.21 bits per heavy atom. The van der Waals surface area contributed by atoms with Crippen molar-refractivity contribution < 1.29 is 9.90 Å². The van der Waals surface area contributed by atoms with E-state index in [0.29, 0.717) is 10.8 Å². The SMILES string of the molecule is O=C(O)c1ccccc1C1CCCS1. The predicted octanol–water partition coefficient (Wildman–Crippen LogP) is 2.95. The van der Waals surface area contributed by atoms with E-state index in [0.717, 1.165) is 17.7 Å². The Kier molecular flexibility index (Phi) is 2.77. The van der Waals surface area contributed by atoms with Gasteiger partial charge in [-0.05, 0) is 30.2 Å². The summed E-state index contributed by atoms with van der Waals surface area (Å²) in [6, 6.07) is 7.33. The van der Waals surface area contributed by atoms with Crippen LogP contribution in [0.3, 0.4) is 0 Å². The van der Waals surface area contributed by atoms with Gasteiger partial charge in [-0.1, -0.05) is 18.2 Å². The van der Waals surface area contributed by atoms with Crippen LogP contribution in [-0.4, -0.2) is 16.8 Å². The van der Waals surface area contributed by atoms with Crippen molar-refractivity contribution in [2.45, 2.75) is 18.1 Å². The van der Waals surface area contributed by atoms with Crippen LogP contribution in [0.25, 0.3) is 0 Å². The summed E-state index contributed by atoms with van der Waals surface area (Å²) in [5, 5.41) is 9.41. The third-order valence-electron chi connectivity index (χ3n) is 2.47. The number of carbonyl (C=O) groups is 1. The van der Waals surface area contributed by atoms with E-state index in [1.807, 2.05) is 23.9 Å². The van der Waals surface area contributed by atoms with Gasteiger partial charge in [-0.3, -0.25) is 0 Å². The largest absolute Gasteiger partial charge is 0.478 e. The molecular formula is C11H12O2S. The zero-order valence-electron chi connectivity index (χ0n) is 7.77. The van der Waals surface area contributed by atoms with E-state index in [4.69, 9.17) is 5.11 Å². The van der Waals surface area contributed by atoms with Crippen molar-refractivity contribution in [1.29, 1.82) is 0 Å². The van der Waals surface area contributed by atoms with E-state index in [1.54, 1.807) is 12.1 Å². The van der Waals surface area contributed by atoms with Crippen LogP contribution >= 0.6 is 11.8 Å². The van der Waals surface area contributed by atoms with Gasteiger partial charge in [0.05, 0.1) is 5.56 Å². The Labute approximate surface area is 87.3 Å². The number of aromatic carboxylic acids is 1. The molecule has 1 heterocycles. The smallest absolute Gasteiger partial charge is 0.336 e. The zero-order valence-corrected chi connectivity index (χ0v) is 8.59. The molecule has 0 bridgehead atoms. The van der Waals surface area contributed by atoms with Crippen LogP contribution in [-0.2, 0) is 0 Å². The fraction of sp³-hybridized carbons (Fsp3) is 0.364. The predicted molar refractivity (Wildman–Crippen MR) is 57.8 cm³/mol. The molecule has 3 heteroatoms. The first-order valence-electron chi connectivity index (χ1n) is 4.73. The number of rotatable bonds is 2. The van der Waals surface area contributed by atoms with Gasteiger partial charge in [-0.2, -0.15) is 11.8 Å². The molecule has 1 aromatic carbocycles. The number of thioether (sulfide) groups is 1. The fourth-order valence-electron chi connectivity index (χ4n) is 1.80. The van der Waals surface area contributed by atoms with Crippen molar-refractivity contribution >= 4 is 17.7 Å². The molecule has 1 aliphatic rings. The van der Waals surface area contributed by atoms with Gasteiger partial charge in [0.1, 0.15) is 0 Å². The normalized spacial score (nSPS) is 21.0. The van der Waals surface area contributed by atoms with Crippen molar-refractivity contribution in [3.8, 4) is 0 Å². The first-order valence-corrected chi connectivity index (χ1v) is 5.78. The van der Waals surface area contributed by atoms with Crippen molar-refractivity contribution in [2.75, 3.05) is 5.75 Å². The Morgan fingerprint density at radius 1 is 1.43 bits per heavy atom. The van der Waals surface area contributed by atoms with Crippen LogP contribution in [0, 0.1) is 0 Å². The van der Waals surface area contributed by atoms with Crippen LogP contribution < -0.4 is 0 Å². The van der Waals surface area contributed by atoms with Gasteiger partial charge in [-0.15, -0.1) is 0 Å². The molecular weight excluding hydrogens is 196 g/mol. The highest BCUT2D eigenvalue weighted by atomic mass is 32.2. The molecule has 0 saturated carbocycles. The lowest BCUT2D eigenvalue weighted by Crippen LogP contribution is -2.03. The van der Waals surface area contributed by atoms with Gasteiger partial charge >= 0.3 is 5.97 Å². The highest BCUT2D eigenvalue weighted by Gasteiger charge is 2.22. The quantitative estimate of drug-likeness (QED) is 0.811. The topological polar surface area (TPSA) is 37.3 Å². The lowest BCUT2D eigenvalue weighted by molar-refractivity contribution is 0.0695. The lowest BCUT2D eigenvalue weighted by Gasteiger charge is -2.11. The summed E-state index contributed by atoms with van der Waals surface area (Å²) in [4.78, 5) is 11.0. The Bertz CT molecular complexity index is 343. The molecule has 1 aliphatic heterocycles. The molecule has 1 N–H and O–H groups in total. The van der Waals surface area contributed by atoms with E-state index in [-0.39, 0.29) is 0 Å². The van der Waals surface area contributed by atoms with Crippen LogP contribution in [0.2, 0.25) is 0 Å². The van der Waals surface area contributed by atoms with E-state index < -0.39 is 5.97 Å². The molecule has 0 spiro atoms. The first kappa shape index (κ1) is 9.59. The summed E-state index contributed by atoms with van der Waals surface area (Å²) in [5.41, 5.74) is 1.45. The Hall–Kier alpha value is -0.960. The van der Waals surface area contributed by atoms with Crippen molar-refractivity contribution in [3.63, 3.8) is 0 Å². The number of carboxylic acid groups (broad SMARTS) is 1. The van der Waals surface area contributed by atoms with Crippen LogP contribution in [0.1, 0.15) is 34.0 Å².